The Morgan fingerprint density at radius 2 is 2.04 bits per heavy atom. The summed E-state index contributed by atoms with van der Waals surface area (Å²) in [6.45, 7) is 4.01. The third-order valence-electron chi connectivity index (χ3n) is 4.93. The Morgan fingerprint density at radius 1 is 1.25 bits per heavy atom. The van der Waals surface area contributed by atoms with Crippen LogP contribution in [0.15, 0.2) is 30.3 Å². The van der Waals surface area contributed by atoms with Gasteiger partial charge in [-0.25, -0.2) is 4.68 Å². The summed E-state index contributed by atoms with van der Waals surface area (Å²) in [6, 6.07) is 9.71. The number of aliphatic hydroxyl groups is 1. The molecule has 0 aliphatic rings. The number of aromatic nitrogens is 3. The Bertz CT molecular complexity index is 997. The number of carbonyl (C=O) groups is 1. The van der Waals surface area contributed by atoms with E-state index in [1.807, 2.05) is 37.3 Å². The number of nitrogens with zero attached hydrogens (tertiary/aromatic N) is 3. The molecule has 0 saturated heterocycles. The van der Waals surface area contributed by atoms with Gasteiger partial charge in [0.15, 0.2) is 0 Å². The maximum absolute atomic E-state index is 12.3. The first kappa shape index (κ1) is 19.8. The molecule has 3 rings (SSSR count). The summed E-state index contributed by atoms with van der Waals surface area (Å²) in [4.78, 5) is 12.3. The number of esters is 1. The zero-order valence-electron chi connectivity index (χ0n) is 16.6. The summed E-state index contributed by atoms with van der Waals surface area (Å²) < 4.78 is 12.4. The lowest BCUT2D eigenvalue weighted by Crippen LogP contribution is -2.12. The Hall–Kier alpha value is -2.93. The van der Waals surface area contributed by atoms with Crippen molar-refractivity contribution in [3.8, 4) is 5.75 Å². The van der Waals surface area contributed by atoms with Crippen LogP contribution in [-0.4, -0.2) is 39.8 Å². The molecule has 0 aliphatic heterocycles. The van der Waals surface area contributed by atoms with Crippen LogP contribution >= 0.6 is 0 Å². The molecule has 1 unspecified atom stereocenters. The maximum atomic E-state index is 12.3. The molecule has 0 fully saturated rings. The van der Waals surface area contributed by atoms with Gasteiger partial charge in [0.05, 0.1) is 26.7 Å². The molecule has 0 bridgehead atoms. The summed E-state index contributed by atoms with van der Waals surface area (Å²) in [7, 11) is 3.41. The number of methoxy groups -OCH3 is 1. The van der Waals surface area contributed by atoms with E-state index in [-0.39, 0.29) is 24.9 Å². The third-order valence-corrected chi connectivity index (χ3v) is 4.93. The van der Waals surface area contributed by atoms with Crippen LogP contribution in [0.2, 0.25) is 0 Å². The number of aryl methyl sites for hydroxylation is 2. The lowest BCUT2D eigenvalue weighted by molar-refractivity contribution is -0.143. The molecule has 7 heteroatoms. The molecule has 1 atom stereocenters. The van der Waals surface area contributed by atoms with E-state index in [1.165, 1.54) is 0 Å². The average molecular weight is 383 g/mol. The van der Waals surface area contributed by atoms with Gasteiger partial charge in [0.25, 0.3) is 0 Å². The highest BCUT2D eigenvalue weighted by Crippen LogP contribution is 2.35. The van der Waals surface area contributed by atoms with Gasteiger partial charge < -0.3 is 14.6 Å². The predicted molar refractivity (Wildman–Crippen MR) is 105 cm³/mol. The molecule has 1 aromatic heterocycles. The minimum atomic E-state index is -0.281. The molecule has 3 aromatic rings. The number of hydrogen-bond acceptors (Lipinski definition) is 6. The summed E-state index contributed by atoms with van der Waals surface area (Å²) in [5.41, 5.74) is 5.13. The first-order chi connectivity index (χ1) is 13.5. The highest BCUT2D eigenvalue weighted by Gasteiger charge is 2.23. The third kappa shape index (κ3) is 3.84. The topological polar surface area (TPSA) is 86.5 Å². The maximum Gasteiger partial charge on any atom is 0.306 e. The van der Waals surface area contributed by atoms with E-state index in [0.717, 1.165) is 27.8 Å². The summed E-state index contributed by atoms with van der Waals surface area (Å²) in [5.74, 6) is 0.102. The first-order valence-electron chi connectivity index (χ1n) is 9.21. The van der Waals surface area contributed by atoms with Gasteiger partial charge in [-0.1, -0.05) is 23.4 Å². The molecular weight excluding hydrogens is 358 g/mol. The second-order valence-electron chi connectivity index (χ2n) is 6.71. The molecule has 7 nitrogen and oxygen atoms in total. The van der Waals surface area contributed by atoms with Gasteiger partial charge in [-0.05, 0) is 48.2 Å². The van der Waals surface area contributed by atoms with Crippen molar-refractivity contribution in [2.45, 2.75) is 32.8 Å². The van der Waals surface area contributed by atoms with E-state index in [1.54, 1.807) is 25.8 Å². The van der Waals surface area contributed by atoms with Gasteiger partial charge in [0, 0.05) is 13.0 Å². The second kappa shape index (κ2) is 8.39. The molecule has 0 radical (unpaired) electrons. The molecule has 1 heterocycles. The molecular formula is C21H25N3O4. The van der Waals surface area contributed by atoms with Gasteiger partial charge in [0.1, 0.15) is 16.8 Å². The van der Waals surface area contributed by atoms with Crippen LogP contribution in [0.3, 0.4) is 0 Å². The van der Waals surface area contributed by atoms with Gasteiger partial charge in [-0.3, -0.25) is 4.79 Å². The summed E-state index contributed by atoms with van der Waals surface area (Å²) >= 11 is 0. The predicted octanol–water partition coefficient (Wildman–Crippen LogP) is 2.86. The van der Waals surface area contributed by atoms with Crippen LogP contribution in [0.25, 0.3) is 11.0 Å². The minimum absolute atomic E-state index is 0.0572. The van der Waals surface area contributed by atoms with Crippen molar-refractivity contribution in [1.29, 1.82) is 0 Å². The Morgan fingerprint density at radius 3 is 2.71 bits per heavy atom. The van der Waals surface area contributed by atoms with E-state index >= 15 is 0 Å². The Balaban J connectivity index is 2.13. The fourth-order valence-electron chi connectivity index (χ4n) is 3.43. The van der Waals surface area contributed by atoms with Crippen molar-refractivity contribution in [2.24, 2.45) is 7.05 Å². The molecule has 0 amide bonds. The summed E-state index contributed by atoms with van der Waals surface area (Å²) in [6.07, 6.45) is 0.177. The Kier molecular flexibility index (Phi) is 5.94. The number of benzene rings is 2. The minimum Gasteiger partial charge on any atom is -0.494 e. The summed E-state index contributed by atoms with van der Waals surface area (Å²) in [5, 5.41) is 17.9. The monoisotopic (exact) mass is 383 g/mol. The van der Waals surface area contributed by atoms with Crippen molar-refractivity contribution >= 4 is 17.0 Å². The van der Waals surface area contributed by atoms with E-state index in [2.05, 4.69) is 10.3 Å². The fraction of sp³-hybridized carbons (Fsp3) is 0.381. The number of hydrogen-bond donors (Lipinski definition) is 1. The van der Waals surface area contributed by atoms with Gasteiger partial charge in [0.2, 0.25) is 0 Å². The number of carbonyl (C=O) groups excluding carboxylic acids is 1. The van der Waals surface area contributed by atoms with Crippen molar-refractivity contribution in [3.05, 3.63) is 52.6 Å². The quantitative estimate of drug-likeness (QED) is 0.632. The Labute approximate surface area is 163 Å². The first-order valence-corrected chi connectivity index (χ1v) is 9.21. The number of rotatable bonds is 7. The molecule has 0 spiro atoms. The standard InChI is InChI=1S/C21H25N3O4/c1-5-28-20(26)11-17(14-7-6-13(2)16(8-14)12-25)15-9-18-21(19(10-15)27-4)24(3)23-22-18/h6-10,17,25H,5,11-12H2,1-4H3. The van der Waals surface area contributed by atoms with Crippen LogP contribution in [0.5, 0.6) is 5.75 Å². The highest BCUT2D eigenvalue weighted by molar-refractivity contribution is 5.83. The molecule has 1 N–H and O–H groups in total. The van der Waals surface area contributed by atoms with Crippen molar-refractivity contribution in [3.63, 3.8) is 0 Å². The van der Waals surface area contributed by atoms with Gasteiger partial charge in [-0.15, -0.1) is 5.10 Å². The fourth-order valence-corrected chi connectivity index (χ4v) is 3.43. The SMILES string of the molecule is CCOC(=O)CC(c1ccc(C)c(CO)c1)c1cc(OC)c2c(c1)nnn2C. The smallest absolute Gasteiger partial charge is 0.306 e. The van der Waals surface area contributed by atoms with E-state index < -0.39 is 0 Å². The van der Waals surface area contributed by atoms with E-state index in [4.69, 9.17) is 9.47 Å². The highest BCUT2D eigenvalue weighted by atomic mass is 16.5. The molecule has 148 valence electrons. The van der Waals surface area contributed by atoms with Crippen molar-refractivity contribution in [1.82, 2.24) is 15.0 Å². The average Bonchev–Trinajstić information content (AvgIpc) is 3.07. The molecule has 28 heavy (non-hydrogen) atoms. The largest absolute Gasteiger partial charge is 0.494 e. The van der Waals surface area contributed by atoms with E-state index in [9.17, 15) is 9.90 Å². The number of aliphatic hydroxyl groups excluding tert-OH is 1. The van der Waals surface area contributed by atoms with Crippen molar-refractivity contribution in [2.75, 3.05) is 13.7 Å². The van der Waals surface area contributed by atoms with Gasteiger partial charge >= 0.3 is 5.97 Å². The lowest BCUT2D eigenvalue weighted by Gasteiger charge is -2.20. The second-order valence-corrected chi connectivity index (χ2v) is 6.71. The molecule has 0 saturated carbocycles. The van der Waals surface area contributed by atoms with E-state index in [0.29, 0.717) is 17.9 Å². The van der Waals surface area contributed by atoms with Gasteiger partial charge in [-0.2, -0.15) is 0 Å². The normalized spacial score (nSPS) is 12.2. The number of fused-ring (bicyclic) bond motifs is 1. The molecule has 0 aliphatic carbocycles. The number of ether oxygens (including phenoxy) is 2. The zero-order valence-corrected chi connectivity index (χ0v) is 16.6. The van der Waals surface area contributed by atoms with Crippen LogP contribution in [0.4, 0.5) is 0 Å². The molecule has 2 aromatic carbocycles. The lowest BCUT2D eigenvalue weighted by atomic mass is 9.86. The van der Waals surface area contributed by atoms with Crippen LogP contribution in [-0.2, 0) is 23.2 Å². The van der Waals surface area contributed by atoms with Crippen molar-refractivity contribution < 1.29 is 19.4 Å². The van der Waals surface area contributed by atoms with Crippen LogP contribution < -0.4 is 4.74 Å². The zero-order chi connectivity index (χ0) is 20.3. The van der Waals surface area contributed by atoms with Crippen LogP contribution in [0.1, 0.15) is 41.5 Å². The van der Waals surface area contributed by atoms with Crippen LogP contribution in [0, 0.1) is 6.92 Å².